The van der Waals surface area contributed by atoms with E-state index in [4.69, 9.17) is 0 Å². The van der Waals surface area contributed by atoms with Gasteiger partial charge in [-0.15, -0.1) is 0 Å². The van der Waals surface area contributed by atoms with Gasteiger partial charge in [-0.1, -0.05) is 30.3 Å². The van der Waals surface area contributed by atoms with Crippen LogP contribution in [0, 0.1) is 4.91 Å². The third kappa shape index (κ3) is 1.24. The van der Waals surface area contributed by atoms with Crippen LogP contribution in [0.5, 0.6) is 0 Å². The molecule has 4 nitrogen and oxygen atoms in total. The first kappa shape index (κ1) is 8.91. The van der Waals surface area contributed by atoms with E-state index in [1.165, 1.54) is 4.80 Å². The molecule has 1 heterocycles. The number of aromatic nitrogens is 3. The Kier molecular flexibility index (Phi) is 1.86. The number of nitrogens with zero attached hydrogens (tertiary/aromatic N) is 2. The van der Waals surface area contributed by atoms with Crippen molar-refractivity contribution in [2.45, 2.75) is 0 Å². The Labute approximate surface area is 91.3 Å². The number of hydrogen-bond donors (Lipinski definition) is 1. The van der Waals surface area contributed by atoms with Gasteiger partial charge in [-0.2, -0.15) is 5.10 Å². The van der Waals surface area contributed by atoms with Gasteiger partial charge in [0.05, 0.1) is 4.54 Å². The summed E-state index contributed by atoms with van der Waals surface area (Å²) in [5.41, 5.74) is 2.27. The summed E-state index contributed by atoms with van der Waals surface area (Å²) in [6, 6.07) is 16.9. The van der Waals surface area contributed by atoms with E-state index in [9.17, 15) is 4.91 Å². The zero-order chi connectivity index (χ0) is 11.0. The van der Waals surface area contributed by atoms with E-state index in [0.29, 0.717) is 5.52 Å². The Hall–Kier alpha value is -2.36. The molecule has 0 amide bonds. The van der Waals surface area contributed by atoms with Crippen molar-refractivity contribution in [3.8, 4) is 5.69 Å². The first-order chi connectivity index (χ1) is 7.86. The molecule has 0 atom stereocenters. The summed E-state index contributed by atoms with van der Waals surface area (Å²) in [7, 11) is 0. The quantitative estimate of drug-likeness (QED) is 0.615. The third-order valence-corrected chi connectivity index (χ3v) is 2.52. The maximum Gasteiger partial charge on any atom is 0.249 e. The van der Waals surface area contributed by atoms with Gasteiger partial charge in [0.15, 0.2) is 5.52 Å². The minimum absolute atomic E-state index is 0.631. The number of rotatable bonds is 1. The molecule has 4 heteroatoms. The first-order valence-electron chi connectivity index (χ1n) is 5.04. The molecule has 0 spiro atoms. The molecule has 0 bridgehead atoms. The summed E-state index contributed by atoms with van der Waals surface area (Å²) in [5.74, 6) is 0. The summed E-state index contributed by atoms with van der Waals surface area (Å²) in [6.45, 7) is 0. The lowest BCUT2D eigenvalue weighted by Gasteiger charge is -1.91. The lowest BCUT2D eigenvalue weighted by atomic mass is 10.3. The molecule has 0 fully saturated rings. The fourth-order valence-corrected chi connectivity index (χ4v) is 1.74. The number of hydrogen-bond acceptors (Lipinski definition) is 1. The van der Waals surface area contributed by atoms with Gasteiger partial charge >= 0.3 is 0 Å². The van der Waals surface area contributed by atoms with Crippen molar-refractivity contribution in [1.29, 1.82) is 0 Å². The third-order valence-electron chi connectivity index (χ3n) is 2.52. The van der Waals surface area contributed by atoms with Crippen LogP contribution in [0.3, 0.4) is 0 Å². The van der Waals surface area contributed by atoms with Crippen LogP contribution in [0.2, 0.25) is 0 Å². The predicted molar refractivity (Wildman–Crippen MR) is 61.0 cm³/mol. The molecule has 3 rings (SSSR count). The van der Waals surface area contributed by atoms with Crippen molar-refractivity contribution in [2.75, 3.05) is 0 Å². The Balaban J connectivity index is 2.34. The van der Waals surface area contributed by atoms with Gasteiger partial charge in [0.25, 0.3) is 0 Å². The van der Waals surface area contributed by atoms with E-state index in [0.717, 1.165) is 15.7 Å². The van der Waals surface area contributed by atoms with Crippen LogP contribution in [0.1, 0.15) is 0 Å². The highest BCUT2D eigenvalue weighted by Gasteiger charge is 2.13. The van der Waals surface area contributed by atoms with E-state index >= 15 is 0 Å². The maximum atomic E-state index is 12.0. The van der Waals surface area contributed by atoms with E-state index in [1.54, 1.807) is 6.07 Å². The highest BCUT2D eigenvalue weighted by Crippen LogP contribution is 2.08. The minimum atomic E-state index is 0.631. The molecular weight excluding hydrogens is 202 g/mol. The maximum absolute atomic E-state index is 12.0. The number of nitrogens with one attached hydrogen (secondary N) is 1. The second kappa shape index (κ2) is 3.34. The molecule has 2 aromatic carbocycles. The van der Waals surface area contributed by atoms with Gasteiger partial charge < -0.3 is 0 Å². The smallest absolute Gasteiger partial charge is 0.161 e. The Morgan fingerprint density at radius 2 is 1.62 bits per heavy atom. The number of aromatic amines is 1. The Bertz CT molecular complexity index is 682. The number of fused-ring (bicyclic) bond motifs is 1. The molecule has 3 aromatic rings. The van der Waals surface area contributed by atoms with Gasteiger partial charge in [0, 0.05) is 0 Å². The number of para-hydroxylation sites is 3. The lowest BCUT2D eigenvalue weighted by Crippen LogP contribution is -2.26. The Morgan fingerprint density at radius 3 is 2.38 bits per heavy atom. The van der Waals surface area contributed by atoms with Crippen LogP contribution in [-0.2, 0) is 0 Å². The van der Waals surface area contributed by atoms with Gasteiger partial charge in [-0.25, -0.2) is 0 Å². The fraction of sp³-hybridized carbons (Fsp3) is 0. The molecular formula is C12H10N3O+. The van der Waals surface area contributed by atoms with Crippen molar-refractivity contribution >= 4 is 11.0 Å². The molecule has 0 aliphatic heterocycles. The molecule has 0 radical (unpaired) electrons. The van der Waals surface area contributed by atoms with E-state index < -0.39 is 0 Å². The SMILES string of the molecule is O=[n+]1c2ccccc2[nH]n1-c1ccccc1. The second-order valence-corrected chi connectivity index (χ2v) is 3.55. The zero-order valence-corrected chi connectivity index (χ0v) is 8.50. The summed E-state index contributed by atoms with van der Waals surface area (Å²) in [4.78, 5) is 13.5. The van der Waals surface area contributed by atoms with E-state index in [2.05, 4.69) is 5.10 Å². The van der Waals surface area contributed by atoms with E-state index in [1.807, 2.05) is 48.5 Å². The van der Waals surface area contributed by atoms with Crippen molar-refractivity contribution < 1.29 is 4.54 Å². The molecule has 0 unspecified atom stereocenters. The van der Waals surface area contributed by atoms with Crippen LogP contribution in [0.25, 0.3) is 16.7 Å². The molecule has 0 saturated heterocycles. The summed E-state index contributed by atoms with van der Waals surface area (Å²) in [5, 5.41) is 3.05. The monoisotopic (exact) mass is 212 g/mol. The number of benzene rings is 2. The average Bonchev–Trinajstić information content (AvgIpc) is 2.69. The zero-order valence-electron chi connectivity index (χ0n) is 8.50. The molecule has 0 aliphatic rings. The van der Waals surface area contributed by atoms with Crippen molar-refractivity contribution in [1.82, 2.24) is 9.90 Å². The van der Waals surface area contributed by atoms with Gasteiger partial charge in [0.2, 0.25) is 5.52 Å². The molecule has 78 valence electrons. The normalized spacial score (nSPS) is 10.8. The molecule has 16 heavy (non-hydrogen) atoms. The highest BCUT2D eigenvalue weighted by atomic mass is 16.3. The van der Waals surface area contributed by atoms with Crippen LogP contribution < -0.4 is 4.54 Å². The van der Waals surface area contributed by atoms with Crippen molar-refractivity contribution in [3.05, 3.63) is 59.5 Å². The van der Waals surface area contributed by atoms with Crippen LogP contribution in [0.15, 0.2) is 54.6 Å². The first-order valence-corrected chi connectivity index (χ1v) is 5.04. The summed E-state index contributed by atoms with van der Waals surface area (Å²) < 4.78 is 0.852. The second-order valence-electron chi connectivity index (χ2n) is 3.55. The highest BCUT2D eigenvalue weighted by molar-refractivity contribution is 5.70. The number of H-pyrrole nitrogens is 1. The van der Waals surface area contributed by atoms with Gasteiger partial charge in [0.1, 0.15) is 5.69 Å². The largest absolute Gasteiger partial charge is 0.249 e. The lowest BCUT2D eigenvalue weighted by molar-refractivity contribution is -0.561. The predicted octanol–water partition coefficient (Wildman–Crippen LogP) is 1.87. The Morgan fingerprint density at radius 1 is 0.938 bits per heavy atom. The topological polar surface area (TPSA) is 43.7 Å². The van der Waals surface area contributed by atoms with Gasteiger partial charge in [-0.05, 0) is 34.0 Å². The van der Waals surface area contributed by atoms with Gasteiger partial charge in [-0.3, -0.25) is 0 Å². The molecule has 1 aromatic heterocycles. The van der Waals surface area contributed by atoms with Crippen molar-refractivity contribution in [3.63, 3.8) is 0 Å². The summed E-state index contributed by atoms with van der Waals surface area (Å²) >= 11 is 0. The van der Waals surface area contributed by atoms with Crippen molar-refractivity contribution in [2.24, 2.45) is 0 Å². The van der Waals surface area contributed by atoms with Crippen LogP contribution >= 0.6 is 0 Å². The average molecular weight is 212 g/mol. The summed E-state index contributed by atoms with van der Waals surface area (Å²) in [6.07, 6.45) is 0. The standard InChI is InChI=1S/C12H10N3O/c16-15-12-9-5-4-8-11(12)13-14(15)10-6-2-1-3-7-10/h1-9,13H/q+1. The molecule has 0 saturated carbocycles. The fourth-order valence-electron chi connectivity index (χ4n) is 1.74. The van der Waals surface area contributed by atoms with E-state index in [-0.39, 0.29) is 0 Å². The van der Waals surface area contributed by atoms with Crippen LogP contribution in [0.4, 0.5) is 0 Å². The minimum Gasteiger partial charge on any atom is -0.161 e. The molecule has 1 N–H and O–H groups in total. The van der Waals surface area contributed by atoms with Crippen LogP contribution in [-0.4, -0.2) is 9.90 Å². The molecule has 0 aliphatic carbocycles.